The van der Waals surface area contributed by atoms with Gasteiger partial charge in [-0.05, 0) is 60.0 Å². The number of aromatic nitrogens is 2. The van der Waals surface area contributed by atoms with Crippen LogP contribution in [0.2, 0.25) is 0 Å². The lowest BCUT2D eigenvalue weighted by Crippen LogP contribution is -2.29. The molecule has 0 unspecified atom stereocenters. The molecular weight excluding hydrogens is 345 g/mol. The van der Waals surface area contributed by atoms with E-state index in [1.54, 1.807) is 49.0 Å². The van der Waals surface area contributed by atoms with Gasteiger partial charge in [-0.15, -0.1) is 0 Å². The summed E-state index contributed by atoms with van der Waals surface area (Å²) in [5, 5.41) is 4.32. The van der Waals surface area contributed by atoms with Crippen LogP contribution in [0.15, 0.2) is 54.6 Å². The summed E-state index contributed by atoms with van der Waals surface area (Å²) >= 11 is 0. The normalized spacial score (nSPS) is 10.7. The van der Waals surface area contributed by atoms with Gasteiger partial charge >= 0.3 is 0 Å². The summed E-state index contributed by atoms with van der Waals surface area (Å²) in [4.78, 5) is 14.3. The molecule has 3 aromatic rings. The lowest BCUT2D eigenvalue weighted by atomic mass is 10.1. The third-order valence-corrected chi connectivity index (χ3v) is 4.48. The fourth-order valence-corrected chi connectivity index (χ4v) is 2.85. The number of methoxy groups -OCH3 is 1. The number of carbonyl (C=O) groups excluding carboxylic acids is 1. The Balaban J connectivity index is 1.67. The van der Waals surface area contributed by atoms with Crippen molar-refractivity contribution in [1.29, 1.82) is 0 Å². The Morgan fingerprint density at radius 1 is 1.15 bits per heavy atom. The van der Waals surface area contributed by atoms with Crippen LogP contribution in [0.1, 0.15) is 16.1 Å². The quantitative estimate of drug-likeness (QED) is 0.669. The molecular formula is C21H22FN3O2. The Kier molecular flexibility index (Phi) is 5.54. The van der Waals surface area contributed by atoms with E-state index in [1.165, 1.54) is 12.1 Å². The Bertz CT molecular complexity index is 918. The van der Waals surface area contributed by atoms with Crippen LogP contribution >= 0.6 is 0 Å². The summed E-state index contributed by atoms with van der Waals surface area (Å²) < 4.78 is 19.9. The lowest BCUT2D eigenvalue weighted by Gasteiger charge is -2.15. The zero-order valence-corrected chi connectivity index (χ0v) is 15.6. The second kappa shape index (κ2) is 8.03. The van der Waals surface area contributed by atoms with Crippen molar-refractivity contribution in [3.63, 3.8) is 0 Å². The smallest absolute Gasteiger partial charge is 0.274 e. The van der Waals surface area contributed by atoms with Crippen molar-refractivity contribution in [3.05, 3.63) is 71.7 Å². The summed E-state index contributed by atoms with van der Waals surface area (Å²) in [6, 6.07) is 15.7. The summed E-state index contributed by atoms with van der Waals surface area (Å²) in [7, 11) is 5.17. The average molecular weight is 367 g/mol. The zero-order chi connectivity index (χ0) is 19.4. The van der Waals surface area contributed by atoms with E-state index in [4.69, 9.17) is 4.74 Å². The first-order valence-electron chi connectivity index (χ1n) is 8.66. The number of benzene rings is 2. The second-order valence-electron chi connectivity index (χ2n) is 6.37. The number of likely N-dealkylation sites (N-methyl/N-ethyl adjacent to an activating group) is 1. The van der Waals surface area contributed by atoms with Crippen LogP contribution in [0.5, 0.6) is 5.75 Å². The molecule has 0 aliphatic carbocycles. The van der Waals surface area contributed by atoms with Gasteiger partial charge in [-0.1, -0.05) is 12.1 Å². The van der Waals surface area contributed by atoms with Crippen molar-refractivity contribution >= 4 is 5.91 Å². The van der Waals surface area contributed by atoms with Gasteiger partial charge in [-0.2, -0.15) is 5.10 Å². The molecule has 0 fully saturated rings. The maximum atomic E-state index is 13.1. The maximum absolute atomic E-state index is 13.1. The number of amides is 1. The topological polar surface area (TPSA) is 47.4 Å². The average Bonchev–Trinajstić information content (AvgIpc) is 3.08. The number of nitrogens with zero attached hydrogens (tertiary/aromatic N) is 3. The summed E-state index contributed by atoms with van der Waals surface area (Å²) in [6.45, 7) is 0.577. The minimum atomic E-state index is -0.296. The second-order valence-corrected chi connectivity index (χ2v) is 6.37. The fourth-order valence-electron chi connectivity index (χ4n) is 2.85. The van der Waals surface area contributed by atoms with Gasteiger partial charge in [0, 0.05) is 20.6 Å². The van der Waals surface area contributed by atoms with Gasteiger partial charge in [-0.3, -0.25) is 9.48 Å². The molecule has 0 atom stereocenters. The van der Waals surface area contributed by atoms with E-state index in [0.29, 0.717) is 12.2 Å². The van der Waals surface area contributed by atoms with E-state index in [-0.39, 0.29) is 11.7 Å². The van der Waals surface area contributed by atoms with Crippen LogP contribution in [-0.2, 0) is 13.5 Å². The van der Waals surface area contributed by atoms with Gasteiger partial charge in [0.25, 0.3) is 5.91 Å². The van der Waals surface area contributed by atoms with Crippen LogP contribution in [0.4, 0.5) is 4.39 Å². The highest BCUT2D eigenvalue weighted by Gasteiger charge is 2.17. The minimum Gasteiger partial charge on any atom is -0.497 e. The monoisotopic (exact) mass is 367 g/mol. The Labute approximate surface area is 158 Å². The lowest BCUT2D eigenvalue weighted by molar-refractivity contribution is 0.0790. The van der Waals surface area contributed by atoms with Gasteiger partial charge in [-0.25, -0.2) is 4.39 Å². The molecule has 0 spiro atoms. The van der Waals surface area contributed by atoms with Crippen LogP contribution in [0, 0.1) is 5.82 Å². The van der Waals surface area contributed by atoms with Crippen molar-refractivity contribution in [3.8, 4) is 17.0 Å². The molecule has 0 saturated heterocycles. The molecule has 6 heteroatoms. The molecule has 0 bridgehead atoms. The third kappa shape index (κ3) is 4.34. The van der Waals surface area contributed by atoms with Crippen LogP contribution in [0.25, 0.3) is 11.3 Å². The molecule has 140 valence electrons. The van der Waals surface area contributed by atoms with E-state index in [0.717, 1.165) is 29.0 Å². The largest absolute Gasteiger partial charge is 0.497 e. The third-order valence-electron chi connectivity index (χ3n) is 4.48. The van der Waals surface area contributed by atoms with E-state index in [9.17, 15) is 9.18 Å². The van der Waals surface area contributed by atoms with Crippen molar-refractivity contribution in [2.45, 2.75) is 6.42 Å². The van der Waals surface area contributed by atoms with Crippen LogP contribution in [-0.4, -0.2) is 41.3 Å². The first-order valence-corrected chi connectivity index (χ1v) is 8.66. The number of carbonyl (C=O) groups is 1. The fraction of sp³-hybridized carbons (Fsp3) is 0.238. The van der Waals surface area contributed by atoms with E-state index >= 15 is 0 Å². The molecule has 0 aliphatic rings. The molecule has 27 heavy (non-hydrogen) atoms. The number of rotatable bonds is 6. The molecule has 1 amide bonds. The van der Waals surface area contributed by atoms with Crippen molar-refractivity contribution in [2.75, 3.05) is 20.7 Å². The Hall–Kier alpha value is -3.15. The highest BCUT2D eigenvalue weighted by Crippen LogP contribution is 2.21. The Morgan fingerprint density at radius 2 is 1.81 bits per heavy atom. The Morgan fingerprint density at radius 3 is 2.44 bits per heavy atom. The van der Waals surface area contributed by atoms with Gasteiger partial charge < -0.3 is 9.64 Å². The van der Waals surface area contributed by atoms with Gasteiger partial charge in [0.15, 0.2) is 5.69 Å². The number of hydrogen-bond donors (Lipinski definition) is 0. The molecule has 2 aromatic carbocycles. The molecule has 1 heterocycles. The van der Waals surface area contributed by atoms with Gasteiger partial charge in [0.05, 0.1) is 12.8 Å². The first kappa shape index (κ1) is 18.6. The molecule has 0 aliphatic heterocycles. The molecule has 0 radical (unpaired) electrons. The predicted molar refractivity (Wildman–Crippen MR) is 102 cm³/mol. The predicted octanol–water partition coefficient (Wildman–Crippen LogP) is 3.55. The van der Waals surface area contributed by atoms with Crippen LogP contribution < -0.4 is 4.74 Å². The van der Waals surface area contributed by atoms with Crippen LogP contribution in [0.3, 0.4) is 0 Å². The molecule has 0 N–H and O–H groups in total. The maximum Gasteiger partial charge on any atom is 0.274 e. The molecule has 3 rings (SSSR count). The summed E-state index contributed by atoms with van der Waals surface area (Å²) in [5.41, 5.74) is 3.07. The van der Waals surface area contributed by atoms with Gasteiger partial charge in [0.2, 0.25) is 0 Å². The highest BCUT2D eigenvalue weighted by molar-refractivity contribution is 5.93. The van der Waals surface area contributed by atoms with Crippen molar-refractivity contribution in [2.24, 2.45) is 7.05 Å². The number of ether oxygens (including phenoxy) is 1. The summed E-state index contributed by atoms with van der Waals surface area (Å²) in [6.07, 6.45) is 0.740. The van der Waals surface area contributed by atoms with Crippen molar-refractivity contribution in [1.82, 2.24) is 14.7 Å². The molecule has 0 saturated carbocycles. The van der Waals surface area contributed by atoms with E-state index in [2.05, 4.69) is 5.10 Å². The number of hydrogen-bond acceptors (Lipinski definition) is 3. The standard InChI is InChI=1S/C21H22FN3O2/c1-24(13-12-15-4-10-18(27-3)11-5-15)21(26)19-14-20(25(2)23-19)16-6-8-17(22)9-7-16/h4-11,14H,12-13H2,1-3H3. The van der Waals surface area contributed by atoms with Gasteiger partial charge in [0.1, 0.15) is 11.6 Å². The molecule has 5 nitrogen and oxygen atoms in total. The number of halogens is 1. The van der Waals surface area contributed by atoms with E-state index in [1.807, 2.05) is 24.3 Å². The zero-order valence-electron chi connectivity index (χ0n) is 15.6. The van der Waals surface area contributed by atoms with E-state index < -0.39 is 0 Å². The summed E-state index contributed by atoms with van der Waals surface area (Å²) in [5.74, 6) is 0.368. The van der Waals surface area contributed by atoms with Crippen molar-refractivity contribution < 1.29 is 13.9 Å². The minimum absolute atomic E-state index is 0.146. The molecule has 1 aromatic heterocycles. The SMILES string of the molecule is COc1ccc(CCN(C)C(=O)c2cc(-c3ccc(F)cc3)n(C)n2)cc1. The number of aryl methyl sites for hydroxylation is 1. The highest BCUT2D eigenvalue weighted by atomic mass is 19.1. The first-order chi connectivity index (χ1) is 13.0.